The molecule has 0 amide bonds. The summed E-state index contributed by atoms with van der Waals surface area (Å²) in [5.41, 5.74) is 0. The molecule has 1 aliphatic heterocycles. The standard InChI is InChI=1S/C13H28O5Si.H4Si/c1-5-12(14-9-13-10-15-13)11-19(16-6-2,17-7-3)18-8-4;/h12-13H,5-11H2,1-4H3;1H4. The van der Waals surface area contributed by atoms with Gasteiger partial charge in [-0.2, -0.15) is 0 Å². The highest BCUT2D eigenvalue weighted by molar-refractivity contribution is 6.60. The van der Waals surface area contributed by atoms with Gasteiger partial charge in [0.15, 0.2) is 0 Å². The van der Waals surface area contributed by atoms with E-state index in [1.54, 1.807) is 0 Å². The lowest BCUT2D eigenvalue weighted by atomic mass is 10.3. The molecule has 0 saturated carbocycles. The molecule has 20 heavy (non-hydrogen) atoms. The molecule has 2 unspecified atom stereocenters. The van der Waals surface area contributed by atoms with Crippen LogP contribution in [-0.2, 0) is 22.8 Å². The van der Waals surface area contributed by atoms with Crippen molar-refractivity contribution >= 4 is 19.8 Å². The van der Waals surface area contributed by atoms with Crippen LogP contribution in [0.2, 0.25) is 6.04 Å². The minimum Gasteiger partial charge on any atom is -0.375 e. The Bertz CT molecular complexity index is 222. The zero-order valence-corrected chi connectivity index (χ0v) is 13.6. The number of hydrogen-bond donors (Lipinski definition) is 0. The zero-order valence-electron chi connectivity index (χ0n) is 12.6. The van der Waals surface area contributed by atoms with Crippen LogP contribution in [0.25, 0.3) is 0 Å². The van der Waals surface area contributed by atoms with Crippen LogP contribution < -0.4 is 0 Å². The molecule has 0 aromatic carbocycles. The maximum absolute atomic E-state index is 5.88. The van der Waals surface area contributed by atoms with Crippen LogP contribution in [-0.4, -0.2) is 65.0 Å². The first-order valence-electron chi connectivity index (χ1n) is 7.34. The maximum atomic E-state index is 5.88. The van der Waals surface area contributed by atoms with E-state index in [1.807, 2.05) is 20.8 Å². The van der Waals surface area contributed by atoms with Crippen molar-refractivity contribution in [3.8, 4) is 0 Å². The molecule has 1 saturated heterocycles. The fourth-order valence-corrected chi connectivity index (χ4v) is 4.86. The van der Waals surface area contributed by atoms with Gasteiger partial charge in [-0.15, -0.1) is 0 Å². The third-order valence-corrected chi connectivity index (χ3v) is 6.09. The Morgan fingerprint density at radius 2 is 1.55 bits per heavy atom. The van der Waals surface area contributed by atoms with E-state index in [9.17, 15) is 0 Å². The molecule has 2 atom stereocenters. The smallest absolute Gasteiger partial charge is 0.375 e. The van der Waals surface area contributed by atoms with Crippen molar-refractivity contribution < 1.29 is 22.8 Å². The van der Waals surface area contributed by atoms with Crippen LogP contribution in [0.5, 0.6) is 0 Å². The van der Waals surface area contributed by atoms with Crippen molar-refractivity contribution in [3.05, 3.63) is 0 Å². The molecule has 1 heterocycles. The monoisotopic (exact) mass is 324 g/mol. The summed E-state index contributed by atoms with van der Waals surface area (Å²) in [4.78, 5) is 0. The first-order valence-corrected chi connectivity index (χ1v) is 9.27. The van der Waals surface area contributed by atoms with Gasteiger partial charge < -0.3 is 22.8 Å². The summed E-state index contributed by atoms with van der Waals surface area (Å²) >= 11 is 0. The molecule has 7 heteroatoms. The lowest BCUT2D eigenvalue weighted by molar-refractivity contribution is 0.0192. The van der Waals surface area contributed by atoms with Crippen molar-refractivity contribution in [2.75, 3.05) is 33.0 Å². The lowest BCUT2D eigenvalue weighted by Gasteiger charge is -2.31. The largest absolute Gasteiger partial charge is 0.503 e. The molecule has 1 fully saturated rings. The summed E-state index contributed by atoms with van der Waals surface area (Å²) in [6, 6.07) is 0.714. The van der Waals surface area contributed by atoms with Crippen LogP contribution in [0.4, 0.5) is 0 Å². The second-order valence-electron chi connectivity index (χ2n) is 4.51. The first kappa shape index (κ1) is 20.2. The van der Waals surface area contributed by atoms with Gasteiger partial charge in [0.25, 0.3) is 0 Å². The molecule has 0 aliphatic carbocycles. The zero-order chi connectivity index (χ0) is 14.1. The Labute approximate surface area is 128 Å². The van der Waals surface area contributed by atoms with E-state index in [0.717, 1.165) is 13.0 Å². The van der Waals surface area contributed by atoms with E-state index in [2.05, 4.69) is 6.92 Å². The van der Waals surface area contributed by atoms with Crippen molar-refractivity contribution in [2.24, 2.45) is 0 Å². The molecular weight excluding hydrogens is 292 g/mol. The van der Waals surface area contributed by atoms with Crippen LogP contribution in [0.1, 0.15) is 34.1 Å². The minimum atomic E-state index is -2.60. The fraction of sp³-hybridized carbons (Fsp3) is 1.00. The second kappa shape index (κ2) is 10.9. The number of ether oxygens (including phenoxy) is 2. The molecule has 1 rings (SSSR count). The van der Waals surface area contributed by atoms with Crippen molar-refractivity contribution in [2.45, 2.75) is 52.4 Å². The third-order valence-electron chi connectivity index (χ3n) is 2.95. The van der Waals surface area contributed by atoms with E-state index in [-0.39, 0.29) is 23.2 Å². The molecule has 0 aromatic rings. The molecule has 122 valence electrons. The Morgan fingerprint density at radius 3 is 1.90 bits per heavy atom. The molecule has 1 aliphatic rings. The summed E-state index contributed by atoms with van der Waals surface area (Å²) in [6.07, 6.45) is 1.33. The quantitative estimate of drug-likeness (QED) is 0.392. The fourth-order valence-electron chi connectivity index (χ4n) is 1.97. The van der Waals surface area contributed by atoms with Crippen molar-refractivity contribution in [3.63, 3.8) is 0 Å². The Kier molecular flexibility index (Phi) is 11.0. The van der Waals surface area contributed by atoms with Gasteiger partial charge in [0.1, 0.15) is 6.10 Å². The van der Waals surface area contributed by atoms with E-state index in [4.69, 9.17) is 22.8 Å². The first-order chi connectivity index (χ1) is 9.19. The van der Waals surface area contributed by atoms with Crippen LogP contribution in [0.15, 0.2) is 0 Å². The summed E-state index contributed by atoms with van der Waals surface area (Å²) in [5.74, 6) is 0. The molecule has 0 spiro atoms. The summed E-state index contributed by atoms with van der Waals surface area (Å²) in [5, 5.41) is 0. The predicted octanol–water partition coefficient (Wildman–Crippen LogP) is 0.777. The summed E-state index contributed by atoms with van der Waals surface area (Å²) in [7, 11) is -2.60. The van der Waals surface area contributed by atoms with Crippen LogP contribution in [0, 0.1) is 0 Å². The van der Waals surface area contributed by atoms with E-state index in [1.165, 1.54) is 0 Å². The number of hydrogen-bond acceptors (Lipinski definition) is 5. The Balaban J connectivity index is 0.00000361. The highest BCUT2D eigenvalue weighted by Crippen LogP contribution is 2.22. The normalized spacial score (nSPS) is 19.5. The average Bonchev–Trinajstić information content (AvgIpc) is 3.19. The van der Waals surface area contributed by atoms with Gasteiger partial charge in [-0.1, -0.05) is 6.92 Å². The number of rotatable bonds is 12. The van der Waals surface area contributed by atoms with Gasteiger partial charge >= 0.3 is 8.80 Å². The average molecular weight is 325 g/mol. The predicted molar refractivity (Wildman–Crippen MR) is 86.5 cm³/mol. The van der Waals surface area contributed by atoms with Gasteiger partial charge in [-0.05, 0) is 38.2 Å². The third kappa shape index (κ3) is 7.30. The topological polar surface area (TPSA) is 49.5 Å². The molecular formula is C13H32O5Si2. The lowest BCUT2D eigenvalue weighted by Crippen LogP contribution is -2.48. The molecule has 0 aromatic heterocycles. The Hall–Kier alpha value is 0.234. The number of epoxide rings is 1. The highest BCUT2D eigenvalue weighted by atomic mass is 28.4. The van der Waals surface area contributed by atoms with Gasteiger partial charge in [-0.3, -0.25) is 0 Å². The molecule has 0 radical (unpaired) electrons. The van der Waals surface area contributed by atoms with Gasteiger partial charge in [0.05, 0.1) is 19.3 Å². The van der Waals surface area contributed by atoms with Gasteiger partial charge in [-0.25, -0.2) is 0 Å². The van der Waals surface area contributed by atoms with E-state index < -0.39 is 8.80 Å². The SMILES string of the molecule is CCO[Si](CC(CC)OCC1CO1)(OCC)OCC.[SiH4]. The summed E-state index contributed by atoms with van der Waals surface area (Å²) in [6.45, 7) is 11.3. The summed E-state index contributed by atoms with van der Waals surface area (Å²) < 4.78 is 28.6. The van der Waals surface area contributed by atoms with Crippen molar-refractivity contribution in [1.29, 1.82) is 0 Å². The van der Waals surface area contributed by atoms with Crippen molar-refractivity contribution in [1.82, 2.24) is 0 Å². The maximum Gasteiger partial charge on any atom is 0.503 e. The van der Waals surface area contributed by atoms with E-state index >= 15 is 0 Å². The molecule has 0 bridgehead atoms. The highest BCUT2D eigenvalue weighted by Gasteiger charge is 2.43. The second-order valence-corrected chi connectivity index (χ2v) is 7.15. The molecule has 0 N–H and O–H groups in total. The van der Waals surface area contributed by atoms with Crippen LogP contribution >= 0.6 is 0 Å². The molecule has 5 nitrogen and oxygen atoms in total. The van der Waals surface area contributed by atoms with E-state index in [0.29, 0.717) is 32.5 Å². The van der Waals surface area contributed by atoms with Crippen LogP contribution in [0.3, 0.4) is 0 Å². The Morgan fingerprint density at radius 1 is 1.05 bits per heavy atom. The van der Waals surface area contributed by atoms with Gasteiger partial charge in [0, 0.05) is 25.9 Å². The minimum absolute atomic E-state index is 0. The van der Waals surface area contributed by atoms with Gasteiger partial charge in [0.2, 0.25) is 0 Å².